The zero-order valence-electron chi connectivity index (χ0n) is 17.2. The summed E-state index contributed by atoms with van der Waals surface area (Å²) in [5, 5.41) is 20.4. The zero-order valence-corrected chi connectivity index (χ0v) is 17.2. The molecule has 2 heteroatoms. The van der Waals surface area contributed by atoms with Crippen molar-refractivity contribution in [2.24, 2.45) is 10.8 Å². The van der Waals surface area contributed by atoms with Crippen LogP contribution in [0.3, 0.4) is 0 Å². The Morgan fingerprint density at radius 3 is 1.96 bits per heavy atom. The summed E-state index contributed by atoms with van der Waals surface area (Å²) in [6.45, 7) is 19.7. The first-order valence-corrected chi connectivity index (χ1v) is 9.14. The van der Waals surface area contributed by atoms with Crippen LogP contribution in [-0.2, 0) is 11.8 Å². The van der Waals surface area contributed by atoms with Crippen molar-refractivity contribution in [2.45, 2.75) is 93.1 Å². The summed E-state index contributed by atoms with van der Waals surface area (Å²) < 4.78 is 0. The minimum absolute atomic E-state index is 0.127. The number of aliphatic hydroxyl groups excluding tert-OH is 1. The summed E-state index contributed by atoms with van der Waals surface area (Å²) in [5.41, 5.74) is 3.33. The molecule has 0 heterocycles. The number of hydrogen-bond acceptors (Lipinski definition) is 2. The number of aromatic hydroxyl groups is 1. The highest BCUT2D eigenvalue weighted by atomic mass is 16.3. The van der Waals surface area contributed by atoms with Gasteiger partial charge in [-0.1, -0.05) is 60.6 Å². The molecule has 0 aliphatic carbocycles. The number of hydrogen-bond donors (Lipinski definition) is 2. The fraction of sp³-hybridized carbons (Fsp3) is 0.727. The van der Waals surface area contributed by atoms with E-state index in [1.807, 2.05) is 13.0 Å². The van der Waals surface area contributed by atoms with E-state index in [0.29, 0.717) is 12.2 Å². The van der Waals surface area contributed by atoms with Crippen LogP contribution in [0.5, 0.6) is 5.75 Å². The van der Waals surface area contributed by atoms with E-state index >= 15 is 0 Å². The summed E-state index contributed by atoms with van der Waals surface area (Å²) >= 11 is 0. The number of aryl methyl sites for hydroxylation is 1. The van der Waals surface area contributed by atoms with Gasteiger partial charge in [0.25, 0.3) is 0 Å². The molecule has 2 N–H and O–H groups in total. The van der Waals surface area contributed by atoms with Gasteiger partial charge in [-0.05, 0) is 60.5 Å². The van der Waals surface area contributed by atoms with E-state index in [2.05, 4.69) is 54.5 Å². The molecule has 0 radical (unpaired) electrons. The van der Waals surface area contributed by atoms with Crippen molar-refractivity contribution < 1.29 is 10.2 Å². The third kappa shape index (κ3) is 6.12. The molecule has 24 heavy (non-hydrogen) atoms. The van der Waals surface area contributed by atoms with Crippen LogP contribution < -0.4 is 0 Å². The van der Waals surface area contributed by atoms with E-state index in [0.717, 1.165) is 29.5 Å². The second kappa shape index (κ2) is 7.07. The largest absolute Gasteiger partial charge is 0.507 e. The molecule has 0 fully saturated rings. The molecule has 0 spiro atoms. The number of phenolic OH excluding ortho intramolecular Hbond substituents is 1. The van der Waals surface area contributed by atoms with Crippen molar-refractivity contribution >= 4 is 0 Å². The van der Waals surface area contributed by atoms with Crippen molar-refractivity contribution in [3.05, 3.63) is 28.8 Å². The Balaban J connectivity index is 3.19. The van der Waals surface area contributed by atoms with Gasteiger partial charge in [0.15, 0.2) is 0 Å². The van der Waals surface area contributed by atoms with Crippen molar-refractivity contribution in [2.75, 3.05) is 0 Å². The van der Waals surface area contributed by atoms with E-state index in [-0.39, 0.29) is 22.3 Å². The van der Waals surface area contributed by atoms with Gasteiger partial charge in [0.1, 0.15) is 5.75 Å². The van der Waals surface area contributed by atoms with Crippen LogP contribution in [0, 0.1) is 17.8 Å². The van der Waals surface area contributed by atoms with Crippen molar-refractivity contribution in [3.8, 4) is 5.75 Å². The van der Waals surface area contributed by atoms with Gasteiger partial charge in [-0.15, -0.1) is 0 Å². The van der Waals surface area contributed by atoms with E-state index in [1.54, 1.807) is 6.92 Å². The second-order valence-electron chi connectivity index (χ2n) is 10.3. The predicted octanol–water partition coefficient (Wildman–Crippen LogP) is 5.75. The minimum Gasteiger partial charge on any atom is -0.507 e. The Kier molecular flexibility index (Phi) is 6.20. The topological polar surface area (TPSA) is 40.5 Å². The summed E-state index contributed by atoms with van der Waals surface area (Å²) in [7, 11) is 0. The lowest BCUT2D eigenvalue weighted by Crippen LogP contribution is -2.30. The fourth-order valence-corrected chi connectivity index (χ4v) is 4.62. The Bertz CT molecular complexity index is 560. The molecule has 0 amide bonds. The van der Waals surface area contributed by atoms with Crippen LogP contribution in [-0.4, -0.2) is 16.3 Å². The highest BCUT2D eigenvalue weighted by Crippen LogP contribution is 2.45. The first-order chi connectivity index (χ1) is 10.6. The van der Waals surface area contributed by atoms with Gasteiger partial charge in [0.05, 0.1) is 6.10 Å². The number of rotatable bonds is 6. The molecular weight excluding hydrogens is 296 g/mol. The SMILES string of the molecule is Cc1cc(CC(C)O)cc(C(C)(C)CC(C)(C)CC(C)(C)C)c1O. The Morgan fingerprint density at radius 1 is 0.958 bits per heavy atom. The van der Waals surface area contributed by atoms with E-state index in [4.69, 9.17) is 0 Å². The van der Waals surface area contributed by atoms with Crippen LogP contribution in [0.2, 0.25) is 0 Å². The molecule has 1 unspecified atom stereocenters. The quantitative estimate of drug-likeness (QED) is 0.695. The molecule has 0 saturated heterocycles. The van der Waals surface area contributed by atoms with E-state index in [1.165, 1.54) is 0 Å². The lowest BCUT2D eigenvalue weighted by molar-refractivity contribution is 0.164. The van der Waals surface area contributed by atoms with Crippen LogP contribution in [0.1, 0.15) is 84.9 Å². The van der Waals surface area contributed by atoms with Crippen LogP contribution in [0.25, 0.3) is 0 Å². The molecule has 0 bridgehead atoms. The van der Waals surface area contributed by atoms with Gasteiger partial charge >= 0.3 is 0 Å². The second-order valence-corrected chi connectivity index (χ2v) is 10.3. The van der Waals surface area contributed by atoms with Crippen LogP contribution in [0.4, 0.5) is 0 Å². The van der Waals surface area contributed by atoms with Crippen LogP contribution >= 0.6 is 0 Å². The molecule has 138 valence electrons. The normalized spacial score (nSPS) is 14.8. The maximum atomic E-state index is 10.7. The maximum Gasteiger partial charge on any atom is 0.122 e. The monoisotopic (exact) mass is 334 g/mol. The third-order valence-corrected chi connectivity index (χ3v) is 4.55. The van der Waals surface area contributed by atoms with Crippen molar-refractivity contribution in [3.63, 3.8) is 0 Å². The minimum atomic E-state index is -0.373. The highest BCUT2D eigenvalue weighted by Gasteiger charge is 2.35. The smallest absolute Gasteiger partial charge is 0.122 e. The molecule has 0 saturated carbocycles. The molecule has 0 aromatic heterocycles. The average molecular weight is 335 g/mol. The summed E-state index contributed by atoms with van der Waals surface area (Å²) in [4.78, 5) is 0. The van der Waals surface area contributed by atoms with Gasteiger partial charge in [0, 0.05) is 5.56 Å². The van der Waals surface area contributed by atoms with Gasteiger partial charge in [0.2, 0.25) is 0 Å². The first kappa shape index (κ1) is 21.0. The number of benzene rings is 1. The van der Waals surface area contributed by atoms with E-state index in [9.17, 15) is 10.2 Å². The highest BCUT2D eigenvalue weighted by molar-refractivity contribution is 5.47. The lowest BCUT2D eigenvalue weighted by Gasteiger charge is -2.39. The fourth-order valence-electron chi connectivity index (χ4n) is 4.62. The Hall–Kier alpha value is -1.02. The maximum absolute atomic E-state index is 10.7. The Morgan fingerprint density at radius 2 is 1.50 bits per heavy atom. The van der Waals surface area contributed by atoms with Gasteiger partial charge in [-0.2, -0.15) is 0 Å². The summed E-state index contributed by atoms with van der Waals surface area (Å²) in [6, 6.07) is 4.07. The van der Waals surface area contributed by atoms with Gasteiger partial charge in [-0.25, -0.2) is 0 Å². The van der Waals surface area contributed by atoms with Gasteiger partial charge < -0.3 is 10.2 Å². The molecule has 1 aromatic rings. The molecule has 0 aliphatic rings. The summed E-state index contributed by atoms with van der Waals surface area (Å²) in [5.74, 6) is 0.404. The van der Waals surface area contributed by atoms with Gasteiger partial charge in [-0.3, -0.25) is 0 Å². The number of phenols is 1. The van der Waals surface area contributed by atoms with Crippen molar-refractivity contribution in [1.29, 1.82) is 0 Å². The molecule has 0 aliphatic heterocycles. The molecule has 2 nitrogen and oxygen atoms in total. The first-order valence-electron chi connectivity index (χ1n) is 9.14. The predicted molar refractivity (Wildman–Crippen MR) is 104 cm³/mol. The average Bonchev–Trinajstić information content (AvgIpc) is 2.27. The molecular formula is C22H38O2. The number of aliphatic hydroxyl groups is 1. The molecule has 1 atom stereocenters. The lowest BCUT2D eigenvalue weighted by atomic mass is 9.65. The standard InChI is InChI=1S/C22H38O2/c1-15-10-17(11-16(2)23)12-18(19(15)24)22(8,9)14-21(6,7)13-20(3,4)5/h10,12,16,23-24H,11,13-14H2,1-9H3. The zero-order chi connectivity index (χ0) is 18.9. The molecule has 1 rings (SSSR count). The molecule has 1 aromatic carbocycles. The Labute approximate surface area is 149 Å². The van der Waals surface area contributed by atoms with Crippen LogP contribution in [0.15, 0.2) is 12.1 Å². The summed E-state index contributed by atoms with van der Waals surface area (Å²) in [6.07, 6.45) is 2.39. The third-order valence-electron chi connectivity index (χ3n) is 4.55. The van der Waals surface area contributed by atoms with Crippen molar-refractivity contribution in [1.82, 2.24) is 0 Å². The van der Waals surface area contributed by atoms with E-state index < -0.39 is 0 Å².